The molecule has 28 heavy (non-hydrogen) atoms. The quantitative estimate of drug-likeness (QED) is 0.448. The highest BCUT2D eigenvalue weighted by Crippen LogP contribution is 2.18. The van der Waals surface area contributed by atoms with Crippen molar-refractivity contribution in [1.29, 1.82) is 0 Å². The molecule has 0 spiro atoms. The summed E-state index contributed by atoms with van der Waals surface area (Å²) in [5.41, 5.74) is -0.978. The van der Waals surface area contributed by atoms with E-state index in [0.29, 0.717) is 11.4 Å². The van der Waals surface area contributed by atoms with Gasteiger partial charge in [-0.2, -0.15) is 0 Å². The second-order valence-corrected chi connectivity index (χ2v) is 7.23. The topological polar surface area (TPSA) is 170 Å². The van der Waals surface area contributed by atoms with Crippen LogP contribution in [0, 0.1) is 6.92 Å². The molecule has 3 rings (SSSR count). The van der Waals surface area contributed by atoms with Crippen molar-refractivity contribution in [3.05, 3.63) is 68.6 Å². The molecule has 12 heteroatoms. The number of H-pyrrole nitrogens is 2. The molecule has 0 aliphatic heterocycles. The van der Waals surface area contributed by atoms with E-state index >= 15 is 0 Å². The van der Waals surface area contributed by atoms with Crippen molar-refractivity contribution >= 4 is 27.9 Å². The second-order valence-electron chi connectivity index (χ2n) is 5.55. The van der Waals surface area contributed by atoms with Gasteiger partial charge >= 0.3 is 5.69 Å². The number of aryl methyl sites for hydroxylation is 1. The predicted octanol–water partition coefficient (Wildman–Crippen LogP) is 0.419. The smallest absolute Gasteiger partial charge is 0.328 e. The van der Waals surface area contributed by atoms with Crippen LogP contribution in [-0.2, 0) is 10.0 Å². The van der Waals surface area contributed by atoms with Crippen LogP contribution in [-0.4, -0.2) is 39.7 Å². The number of hydrogen-bond donors (Lipinski definition) is 4. The van der Waals surface area contributed by atoms with Crippen LogP contribution in [0.5, 0.6) is 5.88 Å². The van der Waals surface area contributed by atoms with Gasteiger partial charge in [0.2, 0.25) is 11.8 Å². The van der Waals surface area contributed by atoms with Gasteiger partial charge in [-0.25, -0.2) is 27.9 Å². The number of hydrogen-bond acceptors (Lipinski definition) is 8. The molecule has 0 bridgehead atoms. The fourth-order valence-corrected chi connectivity index (χ4v) is 3.08. The van der Waals surface area contributed by atoms with Gasteiger partial charge in [0.05, 0.1) is 10.6 Å². The number of aromatic nitrogens is 4. The van der Waals surface area contributed by atoms with Crippen molar-refractivity contribution in [1.82, 2.24) is 19.9 Å². The van der Waals surface area contributed by atoms with Crippen LogP contribution >= 0.6 is 0 Å². The highest BCUT2D eigenvalue weighted by Gasteiger charge is 2.15. The normalized spacial score (nSPS) is 11.6. The molecule has 0 aliphatic rings. The fraction of sp³-hybridized carbons (Fsp3) is 0.0625. The van der Waals surface area contributed by atoms with Gasteiger partial charge in [-0.05, 0) is 37.3 Å². The lowest BCUT2D eigenvalue weighted by atomic mass is 10.3. The van der Waals surface area contributed by atoms with E-state index in [1.54, 1.807) is 13.0 Å². The van der Waals surface area contributed by atoms with E-state index in [9.17, 15) is 23.1 Å². The van der Waals surface area contributed by atoms with Gasteiger partial charge in [-0.15, -0.1) is 0 Å². The Morgan fingerprint density at radius 1 is 1.14 bits per heavy atom. The van der Waals surface area contributed by atoms with Gasteiger partial charge in [-0.1, -0.05) is 0 Å². The SMILES string of the molecule is Cc1ccnc(NS(=O)(=O)c2ccc(N=Cc3c(O)[nH]c(=O)[nH]c3=O)cc2)n1. The van der Waals surface area contributed by atoms with Crippen LogP contribution in [0.25, 0.3) is 0 Å². The molecular formula is C16H14N6O5S. The lowest BCUT2D eigenvalue weighted by molar-refractivity contribution is 0.447. The van der Waals surface area contributed by atoms with Crippen molar-refractivity contribution in [3.8, 4) is 5.88 Å². The third-order valence-corrected chi connectivity index (χ3v) is 4.81. The zero-order valence-corrected chi connectivity index (χ0v) is 15.2. The Kier molecular flexibility index (Phi) is 5.04. The number of aromatic amines is 2. The van der Waals surface area contributed by atoms with Crippen molar-refractivity contribution in [2.75, 3.05) is 4.72 Å². The summed E-state index contributed by atoms with van der Waals surface area (Å²) in [5.74, 6) is -0.672. The zero-order chi connectivity index (χ0) is 20.3. The van der Waals surface area contributed by atoms with E-state index in [0.717, 1.165) is 6.21 Å². The molecule has 0 unspecified atom stereocenters. The molecule has 3 aromatic rings. The predicted molar refractivity (Wildman–Crippen MR) is 101 cm³/mol. The first-order valence-corrected chi connectivity index (χ1v) is 9.25. The molecule has 0 fully saturated rings. The summed E-state index contributed by atoms with van der Waals surface area (Å²) in [7, 11) is -3.89. The molecular weight excluding hydrogens is 388 g/mol. The van der Waals surface area contributed by atoms with Crippen LogP contribution < -0.4 is 16.0 Å². The lowest BCUT2D eigenvalue weighted by Gasteiger charge is -2.07. The lowest BCUT2D eigenvalue weighted by Crippen LogP contribution is -2.24. The van der Waals surface area contributed by atoms with Gasteiger partial charge in [-0.3, -0.25) is 19.8 Å². The molecule has 4 N–H and O–H groups in total. The molecule has 0 saturated heterocycles. The summed E-state index contributed by atoms with van der Waals surface area (Å²) in [4.78, 5) is 38.4. The maximum absolute atomic E-state index is 12.4. The van der Waals surface area contributed by atoms with E-state index in [1.165, 1.54) is 30.5 Å². The van der Waals surface area contributed by atoms with E-state index in [2.05, 4.69) is 19.7 Å². The average molecular weight is 402 g/mol. The monoisotopic (exact) mass is 402 g/mol. The summed E-state index contributed by atoms with van der Waals surface area (Å²) >= 11 is 0. The molecule has 144 valence electrons. The Morgan fingerprint density at radius 3 is 2.50 bits per heavy atom. The van der Waals surface area contributed by atoms with Crippen molar-refractivity contribution in [2.45, 2.75) is 11.8 Å². The first-order valence-electron chi connectivity index (χ1n) is 7.77. The summed E-state index contributed by atoms with van der Waals surface area (Å²) in [6.45, 7) is 1.71. The summed E-state index contributed by atoms with van der Waals surface area (Å²) < 4.78 is 27.0. The standard InChI is InChI=1S/C16H14N6O5S/c1-9-6-7-17-15(19-9)22-28(26,27)11-4-2-10(3-5-11)18-8-12-13(23)20-16(25)21-14(12)24/h2-8H,1H3,(H,17,19,22)(H3,20,21,23,24,25). The van der Waals surface area contributed by atoms with Crippen molar-refractivity contribution in [3.63, 3.8) is 0 Å². The van der Waals surface area contributed by atoms with Gasteiger partial charge in [0, 0.05) is 18.1 Å². The minimum Gasteiger partial charge on any atom is -0.494 e. The van der Waals surface area contributed by atoms with Crippen LogP contribution in [0.1, 0.15) is 11.3 Å². The maximum atomic E-state index is 12.4. The molecule has 11 nitrogen and oxygen atoms in total. The minimum atomic E-state index is -3.89. The Hall–Kier alpha value is -3.80. The number of aliphatic imine (C=N–C) groups is 1. The number of sulfonamides is 1. The second kappa shape index (κ2) is 7.44. The van der Waals surface area contributed by atoms with Gasteiger partial charge in [0.1, 0.15) is 5.56 Å². The molecule has 1 aromatic carbocycles. The van der Waals surface area contributed by atoms with Crippen molar-refractivity contribution < 1.29 is 13.5 Å². The van der Waals surface area contributed by atoms with E-state index in [4.69, 9.17) is 0 Å². The summed E-state index contributed by atoms with van der Waals surface area (Å²) in [6, 6.07) is 7.05. The van der Waals surface area contributed by atoms with Gasteiger partial charge in [0.15, 0.2) is 0 Å². The minimum absolute atomic E-state index is 0.0405. The zero-order valence-electron chi connectivity index (χ0n) is 14.4. The highest BCUT2D eigenvalue weighted by atomic mass is 32.2. The van der Waals surface area contributed by atoms with E-state index < -0.39 is 27.2 Å². The van der Waals surface area contributed by atoms with Gasteiger partial charge in [0.25, 0.3) is 15.6 Å². The molecule has 0 radical (unpaired) electrons. The Bertz CT molecular complexity index is 1260. The molecule has 0 aliphatic carbocycles. The van der Waals surface area contributed by atoms with Crippen LogP contribution in [0.3, 0.4) is 0 Å². The molecule has 0 atom stereocenters. The molecule has 2 heterocycles. The Balaban J connectivity index is 1.82. The van der Waals surface area contributed by atoms with Crippen LogP contribution in [0.2, 0.25) is 0 Å². The number of nitrogens with zero attached hydrogens (tertiary/aromatic N) is 3. The van der Waals surface area contributed by atoms with Gasteiger partial charge < -0.3 is 5.11 Å². The average Bonchev–Trinajstić information content (AvgIpc) is 2.61. The number of aromatic hydroxyl groups is 1. The first kappa shape index (κ1) is 19.0. The maximum Gasteiger partial charge on any atom is 0.328 e. The first-order chi connectivity index (χ1) is 13.2. The molecule has 2 aromatic heterocycles. The van der Waals surface area contributed by atoms with Crippen molar-refractivity contribution in [2.24, 2.45) is 4.99 Å². The number of nitrogens with one attached hydrogen (secondary N) is 3. The fourth-order valence-electron chi connectivity index (χ4n) is 2.13. The highest BCUT2D eigenvalue weighted by molar-refractivity contribution is 7.92. The number of anilines is 1. The third kappa shape index (κ3) is 4.29. The Morgan fingerprint density at radius 2 is 1.86 bits per heavy atom. The Labute approximate surface area is 157 Å². The van der Waals surface area contributed by atoms with E-state index in [1.807, 2.05) is 9.97 Å². The summed E-state index contributed by atoms with van der Waals surface area (Å²) in [5, 5.41) is 9.59. The largest absolute Gasteiger partial charge is 0.494 e. The van der Waals surface area contributed by atoms with E-state index in [-0.39, 0.29) is 16.4 Å². The number of rotatable bonds is 5. The molecule has 0 saturated carbocycles. The molecule has 0 amide bonds. The van der Waals surface area contributed by atoms with Crippen LogP contribution in [0.15, 0.2) is 56.0 Å². The summed E-state index contributed by atoms with van der Waals surface area (Å²) in [6.07, 6.45) is 2.48. The van der Waals surface area contributed by atoms with Crippen LogP contribution in [0.4, 0.5) is 11.6 Å². The third-order valence-electron chi connectivity index (χ3n) is 3.47. The number of benzene rings is 1.